The van der Waals surface area contributed by atoms with E-state index in [1.165, 1.54) is 0 Å². The molecule has 2 aromatic rings. The number of nitrogen functional groups attached to an aromatic ring is 1. The third-order valence-electron chi connectivity index (χ3n) is 3.73. The van der Waals surface area contributed by atoms with Crippen LogP contribution in [0.25, 0.3) is 11.0 Å². The van der Waals surface area contributed by atoms with Gasteiger partial charge in [0, 0.05) is 12.6 Å². The lowest BCUT2D eigenvalue weighted by Crippen LogP contribution is -2.39. The quantitative estimate of drug-likeness (QED) is 0.679. The van der Waals surface area contributed by atoms with Gasteiger partial charge in [0.2, 0.25) is 0 Å². The van der Waals surface area contributed by atoms with Crippen LogP contribution in [0.5, 0.6) is 0 Å². The average Bonchev–Trinajstić information content (AvgIpc) is 2.92. The second-order valence-corrected chi connectivity index (χ2v) is 5.13. The fourth-order valence-electron chi connectivity index (χ4n) is 2.45. The summed E-state index contributed by atoms with van der Waals surface area (Å²) in [7, 11) is 0. The molecule has 0 radical (unpaired) electrons. The van der Waals surface area contributed by atoms with Crippen LogP contribution >= 0.6 is 0 Å². The number of aromatic nitrogens is 3. The molecule has 3 atom stereocenters. The molecule has 7 nitrogen and oxygen atoms in total. The van der Waals surface area contributed by atoms with E-state index >= 15 is 0 Å². The summed E-state index contributed by atoms with van der Waals surface area (Å²) in [5.74, 6) is 0.0507. The molecule has 8 heteroatoms. The standard InChI is InChI=1S/C12H15FN4O3/c1-12(5-18)7(19)4-8(20-12)17-3-2-6-9(14)15-11(13)16-10(6)17/h2-3,7-8,18-19H,4-5H2,1H3,(H2,14,15,16)/t7-,8+,12+/m0/s1. The number of ether oxygens (including phenoxy) is 1. The Hall–Kier alpha value is -1.77. The Morgan fingerprint density at radius 3 is 3.00 bits per heavy atom. The summed E-state index contributed by atoms with van der Waals surface area (Å²) in [5, 5.41) is 19.8. The van der Waals surface area contributed by atoms with E-state index in [2.05, 4.69) is 9.97 Å². The molecule has 20 heavy (non-hydrogen) atoms. The van der Waals surface area contributed by atoms with Crippen molar-refractivity contribution < 1.29 is 19.3 Å². The van der Waals surface area contributed by atoms with Gasteiger partial charge in [0.25, 0.3) is 0 Å². The van der Waals surface area contributed by atoms with Crippen LogP contribution in [-0.2, 0) is 4.74 Å². The number of hydrogen-bond donors (Lipinski definition) is 3. The normalized spacial score (nSPS) is 30.2. The lowest BCUT2D eigenvalue weighted by Gasteiger charge is -2.25. The third-order valence-corrected chi connectivity index (χ3v) is 3.73. The summed E-state index contributed by atoms with van der Waals surface area (Å²) in [6.07, 6.45) is -0.368. The van der Waals surface area contributed by atoms with E-state index in [0.717, 1.165) is 0 Å². The molecule has 1 aliphatic heterocycles. The summed E-state index contributed by atoms with van der Waals surface area (Å²) < 4.78 is 20.6. The molecule has 0 saturated carbocycles. The number of anilines is 1. The molecule has 0 aliphatic carbocycles. The van der Waals surface area contributed by atoms with Gasteiger partial charge in [-0.2, -0.15) is 14.4 Å². The Bertz CT molecular complexity index is 661. The minimum absolute atomic E-state index is 0.0507. The lowest BCUT2D eigenvalue weighted by atomic mass is 10.0. The number of nitrogens with two attached hydrogens (primary N) is 1. The lowest BCUT2D eigenvalue weighted by molar-refractivity contribution is -0.114. The van der Waals surface area contributed by atoms with Crippen LogP contribution in [0, 0.1) is 6.08 Å². The average molecular weight is 282 g/mol. The molecule has 0 spiro atoms. The highest BCUT2D eigenvalue weighted by Crippen LogP contribution is 2.38. The Morgan fingerprint density at radius 1 is 1.60 bits per heavy atom. The van der Waals surface area contributed by atoms with Gasteiger partial charge in [-0.1, -0.05) is 0 Å². The van der Waals surface area contributed by atoms with Crippen molar-refractivity contribution in [1.29, 1.82) is 0 Å². The zero-order chi connectivity index (χ0) is 14.5. The van der Waals surface area contributed by atoms with Crippen molar-refractivity contribution in [3.8, 4) is 0 Å². The molecule has 4 N–H and O–H groups in total. The number of halogens is 1. The zero-order valence-electron chi connectivity index (χ0n) is 10.8. The highest BCUT2D eigenvalue weighted by atomic mass is 19.1. The van der Waals surface area contributed by atoms with Crippen LogP contribution < -0.4 is 5.73 Å². The summed E-state index contributed by atoms with van der Waals surface area (Å²) in [6.45, 7) is 1.31. The van der Waals surface area contributed by atoms with Crippen LogP contribution in [0.1, 0.15) is 19.6 Å². The first-order valence-corrected chi connectivity index (χ1v) is 6.21. The molecule has 1 fully saturated rings. The van der Waals surface area contributed by atoms with Gasteiger partial charge >= 0.3 is 6.08 Å². The molecular weight excluding hydrogens is 267 g/mol. The van der Waals surface area contributed by atoms with E-state index in [1.807, 2.05) is 0 Å². The molecule has 0 aromatic carbocycles. The fourth-order valence-corrected chi connectivity index (χ4v) is 2.45. The van der Waals surface area contributed by atoms with Crippen molar-refractivity contribution in [1.82, 2.24) is 14.5 Å². The van der Waals surface area contributed by atoms with Crippen LogP contribution in [0.3, 0.4) is 0 Å². The largest absolute Gasteiger partial charge is 0.393 e. The van der Waals surface area contributed by atoms with Gasteiger partial charge < -0.3 is 25.3 Å². The van der Waals surface area contributed by atoms with Gasteiger partial charge in [-0.05, 0) is 13.0 Å². The smallest absolute Gasteiger partial charge is 0.312 e. The van der Waals surface area contributed by atoms with Crippen molar-refractivity contribution in [3.05, 3.63) is 18.3 Å². The number of aliphatic hydroxyl groups excluding tert-OH is 2. The molecule has 1 saturated heterocycles. The van der Waals surface area contributed by atoms with Crippen molar-refractivity contribution in [2.75, 3.05) is 12.3 Å². The summed E-state index contributed by atoms with van der Waals surface area (Å²) in [4.78, 5) is 7.18. The van der Waals surface area contributed by atoms with Crippen LogP contribution in [-0.4, -0.2) is 43.1 Å². The van der Waals surface area contributed by atoms with Crippen molar-refractivity contribution >= 4 is 16.9 Å². The van der Waals surface area contributed by atoms with Gasteiger partial charge in [0.05, 0.1) is 18.1 Å². The van der Waals surface area contributed by atoms with E-state index in [0.29, 0.717) is 11.0 Å². The van der Waals surface area contributed by atoms with E-state index in [1.54, 1.807) is 23.8 Å². The van der Waals surface area contributed by atoms with Gasteiger partial charge in [-0.3, -0.25) is 0 Å². The number of hydrogen-bond acceptors (Lipinski definition) is 6. The second-order valence-electron chi connectivity index (χ2n) is 5.13. The summed E-state index contributed by atoms with van der Waals surface area (Å²) in [6, 6.07) is 1.66. The molecule has 3 heterocycles. The molecule has 108 valence electrons. The van der Waals surface area contributed by atoms with Crippen molar-refractivity contribution in [2.45, 2.75) is 31.3 Å². The SMILES string of the molecule is C[C@]1(CO)O[C@@H](n2ccc3c(N)nc(F)nc32)C[C@@H]1O. The Balaban J connectivity index is 2.04. The summed E-state index contributed by atoms with van der Waals surface area (Å²) in [5.41, 5.74) is 4.90. The Labute approximate surface area is 113 Å². The van der Waals surface area contributed by atoms with E-state index in [-0.39, 0.29) is 18.8 Å². The first-order chi connectivity index (χ1) is 9.44. The van der Waals surface area contributed by atoms with Crippen LogP contribution in [0.2, 0.25) is 0 Å². The molecule has 1 aliphatic rings. The zero-order valence-corrected chi connectivity index (χ0v) is 10.8. The van der Waals surface area contributed by atoms with Gasteiger partial charge in [-0.25, -0.2) is 0 Å². The van der Waals surface area contributed by atoms with Crippen LogP contribution in [0.4, 0.5) is 10.2 Å². The molecule has 0 bridgehead atoms. The number of fused-ring (bicyclic) bond motifs is 1. The van der Waals surface area contributed by atoms with Crippen molar-refractivity contribution in [3.63, 3.8) is 0 Å². The molecule has 3 rings (SSSR count). The highest BCUT2D eigenvalue weighted by Gasteiger charge is 2.45. The maximum Gasteiger partial charge on any atom is 0.312 e. The first kappa shape index (κ1) is 13.2. The number of rotatable bonds is 2. The Kier molecular flexibility index (Phi) is 2.89. The molecule has 2 aromatic heterocycles. The maximum atomic E-state index is 13.3. The third kappa shape index (κ3) is 1.84. The van der Waals surface area contributed by atoms with Gasteiger partial charge in [0.1, 0.15) is 17.6 Å². The Morgan fingerprint density at radius 2 is 2.35 bits per heavy atom. The van der Waals surface area contributed by atoms with E-state index in [9.17, 15) is 14.6 Å². The molecule has 0 amide bonds. The first-order valence-electron chi connectivity index (χ1n) is 6.21. The molecular formula is C12H15FN4O3. The fraction of sp³-hybridized carbons (Fsp3) is 0.500. The number of aliphatic hydroxyl groups is 2. The predicted molar refractivity (Wildman–Crippen MR) is 68.1 cm³/mol. The highest BCUT2D eigenvalue weighted by molar-refractivity contribution is 5.86. The topological polar surface area (TPSA) is 106 Å². The van der Waals surface area contributed by atoms with Gasteiger partial charge in [-0.15, -0.1) is 0 Å². The maximum absolute atomic E-state index is 13.3. The van der Waals surface area contributed by atoms with Crippen molar-refractivity contribution in [2.24, 2.45) is 0 Å². The minimum atomic E-state index is -1.04. The van der Waals surface area contributed by atoms with Crippen LogP contribution in [0.15, 0.2) is 12.3 Å². The van der Waals surface area contributed by atoms with E-state index in [4.69, 9.17) is 10.5 Å². The monoisotopic (exact) mass is 282 g/mol. The molecule has 0 unspecified atom stereocenters. The number of nitrogens with zero attached hydrogens (tertiary/aromatic N) is 3. The summed E-state index contributed by atoms with van der Waals surface area (Å²) >= 11 is 0. The predicted octanol–water partition coefficient (Wildman–Crippen LogP) is 0.183. The minimum Gasteiger partial charge on any atom is -0.393 e. The van der Waals surface area contributed by atoms with E-state index < -0.39 is 24.0 Å². The second kappa shape index (κ2) is 4.37. The van der Waals surface area contributed by atoms with Gasteiger partial charge in [0.15, 0.2) is 5.65 Å².